The molecule has 1 aliphatic rings. The molecule has 23 heavy (non-hydrogen) atoms. The van der Waals surface area contributed by atoms with Gasteiger partial charge in [-0.25, -0.2) is 0 Å². The topological polar surface area (TPSA) is 12.4 Å². The Morgan fingerprint density at radius 2 is 1.61 bits per heavy atom. The first-order chi connectivity index (χ1) is 10.8. The van der Waals surface area contributed by atoms with Crippen LogP contribution in [0.5, 0.6) is 0 Å². The number of nitrogens with zero attached hydrogens (tertiary/aromatic N) is 1. The van der Waals surface area contributed by atoms with Crippen molar-refractivity contribution in [1.82, 2.24) is 0 Å². The van der Waals surface area contributed by atoms with Crippen molar-refractivity contribution in [2.45, 2.75) is 34.6 Å². The summed E-state index contributed by atoms with van der Waals surface area (Å²) in [6.45, 7) is 11.0. The van der Waals surface area contributed by atoms with Crippen molar-refractivity contribution in [3.8, 4) is 0 Å². The Kier molecular flexibility index (Phi) is 3.97. The molecule has 3 rings (SSSR count). The third-order valence-corrected chi connectivity index (χ3v) is 4.32. The van der Waals surface area contributed by atoms with Gasteiger partial charge >= 0.3 is 0 Å². The molecule has 1 nitrogen and oxygen atoms in total. The first kappa shape index (κ1) is 15.7. The molecule has 0 unspecified atom stereocenters. The van der Waals surface area contributed by atoms with Crippen LogP contribution >= 0.6 is 0 Å². The molecule has 0 radical (unpaired) electrons. The van der Waals surface area contributed by atoms with Crippen molar-refractivity contribution in [3.63, 3.8) is 0 Å². The van der Waals surface area contributed by atoms with E-state index in [4.69, 9.17) is 4.99 Å². The van der Waals surface area contributed by atoms with Crippen molar-refractivity contribution in [2.75, 3.05) is 0 Å². The lowest BCUT2D eigenvalue weighted by Gasteiger charge is -2.17. The summed E-state index contributed by atoms with van der Waals surface area (Å²) in [7, 11) is 0. The van der Waals surface area contributed by atoms with Crippen LogP contribution in [0.2, 0.25) is 0 Å². The van der Waals surface area contributed by atoms with Crippen LogP contribution in [0.15, 0.2) is 59.2 Å². The highest BCUT2D eigenvalue weighted by Crippen LogP contribution is 2.32. The van der Waals surface area contributed by atoms with Gasteiger partial charge in [0.2, 0.25) is 0 Å². The van der Waals surface area contributed by atoms with Gasteiger partial charge in [-0.3, -0.25) is 4.99 Å². The van der Waals surface area contributed by atoms with E-state index >= 15 is 0 Å². The second kappa shape index (κ2) is 5.81. The van der Waals surface area contributed by atoms with E-state index in [1.54, 1.807) is 0 Å². The van der Waals surface area contributed by atoms with Crippen molar-refractivity contribution in [2.24, 2.45) is 16.3 Å². The fraction of sp³-hybridized carbons (Fsp3) is 0.318. The molecule has 0 aliphatic carbocycles. The minimum absolute atomic E-state index is 0.00761. The monoisotopic (exact) mass is 303 g/mol. The number of hydrogen-bond donors (Lipinski definition) is 0. The van der Waals surface area contributed by atoms with E-state index in [0.717, 1.165) is 5.70 Å². The zero-order valence-electron chi connectivity index (χ0n) is 14.7. The van der Waals surface area contributed by atoms with Gasteiger partial charge in [-0.05, 0) is 40.8 Å². The number of fused-ring (bicyclic) bond motifs is 1. The Labute approximate surface area is 139 Å². The predicted molar refractivity (Wildman–Crippen MR) is 102 cm³/mol. The first-order valence-electron chi connectivity index (χ1n) is 8.34. The summed E-state index contributed by atoms with van der Waals surface area (Å²) >= 11 is 0. The highest BCUT2D eigenvalue weighted by molar-refractivity contribution is 6.11. The molecule has 0 N–H and O–H groups in total. The normalized spacial score (nSPS) is 17.1. The number of aliphatic imine (C=N–C) groups is 1. The van der Waals surface area contributed by atoms with Crippen molar-refractivity contribution in [3.05, 3.63) is 65.4 Å². The third-order valence-electron chi connectivity index (χ3n) is 4.32. The van der Waals surface area contributed by atoms with E-state index in [-0.39, 0.29) is 5.41 Å². The van der Waals surface area contributed by atoms with Crippen molar-refractivity contribution in [1.29, 1.82) is 0 Å². The Bertz CT molecular complexity index is 832. The molecule has 0 aromatic heterocycles. The molecule has 2 aromatic rings. The van der Waals surface area contributed by atoms with Gasteiger partial charge in [0.1, 0.15) is 0 Å². The molecular weight excluding hydrogens is 278 g/mol. The maximum atomic E-state index is 4.74. The van der Waals surface area contributed by atoms with Gasteiger partial charge in [-0.15, -0.1) is 0 Å². The zero-order valence-corrected chi connectivity index (χ0v) is 14.7. The van der Waals surface area contributed by atoms with Crippen LogP contribution in [0.4, 0.5) is 0 Å². The molecule has 0 atom stereocenters. The summed E-state index contributed by atoms with van der Waals surface area (Å²) in [5.74, 6) is 0.442. The molecule has 1 aliphatic heterocycles. The molecule has 0 amide bonds. The summed E-state index contributed by atoms with van der Waals surface area (Å²) in [5, 5.41) is 2.57. The van der Waals surface area contributed by atoms with Crippen molar-refractivity contribution < 1.29 is 0 Å². The average Bonchev–Trinajstić information content (AvgIpc) is 2.65. The third kappa shape index (κ3) is 3.44. The van der Waals surface area contributed by atoms with Crippen LogP contribution in [0.1, 0.15) is 38.8 Å². The van der Waals surface area contributed by atoms with Gasteiger partial charge in [-0.2, -0.15) is 0 Å². The Morgan fingerprint density at radius 1 is 0.913 bits per heavy atom. The largest absolute Gasteiger partial charge is 0.261 e. The number of rotatable bonds is 2. The summed E-state index contributed by atoms with van der Waals surface area (Å²) in [4.78, 5) is 4.74. The highest BCUT2D eigenvalue weighted by Gasteiger charge is 2.18. The number of allylic oxidation sites excluding steroid dienone is 4. The Balaban J connectivity index is 2.06. The summed E-state index contributed by atoms with van der Waals surface area (Å²) in [6, 6.07) is 13.3. The highest BCUT2D eigenvalue weighted by atomic mass is 14.7. The van der Waals surface area contributed by atoms with Crippen LogP contribution in [-0.4, -0.2) is 6.21 Å². The van der Waals surface area contributed by atoms with Gasteiger partial charge in [0.25, 0.3) is 0 Å². The van der Waals surface area contributed by atoms with Crippen LogP contribution in [0.25, 0.3) is 16.3 Å². The van der Waals surface area contributed by atoms with Gasteiger partial charge in [-0.1, -0.05) is 75.7 Å². The smallest absolute Gasteiger partial charge is 0.0397 e. The standard InChI is InChI=1S/C22H25N/c1-15(2)21-13-22(4,5)12-20(14-23-21)19-9-8-17-10-16(3)6-7-18(17)11-19/h6-15H,1-5H3. The molecule has 0 spiro atoms. The maximum absolute atomic E-state index is 4.74. The molecule has 0 saturated heterocycles. The van der Waals surface area contributed by atoms with Crippen LogP contribution in [-0.2, 0) is 0 Å². The number of benzene rings is 2. The molecule has 1 heteroatoms. The van der Waals surface area contributed by atoms with Gasteiger partial charge in [0, 0.05) is 17.3 Å². The molecule has 1 heterocycles. The summed E-state index contributed by atoms with van der Waals surface area (Å²) in [6.07, 6.45) is 6.63. The van der Waals surface area contributed by atoms with E-state index in [2.05, 4.69) is 83.2 Å². The molecule has 118 valence electrons. The molecule has 0 fully saturated rings. The SMILES string of the molecule is Cc1ccc2cc(C3=CC(C)(C)C=C(C(C)C)N=C3)ccc2c1. The molecule has 0 bridgehead atoms. The van der Waals surface area contributed by atoms with E-state index < -0.39 is 0 Å². The van der Waals surface area contributed by atoms with Crippen LogP contribution in [0.3, 0.4) is 0 Å². The minimum atomic E-state index is 0.00761. The van der Waals surface area contributed by atoms with Gasteiger partial charge < -0.3 is 0 Å². The number of aryl methyl sites for hydroxylation is 1. The molecular formula is C22H25N. The predicted octanol–water partition coefficient (Wildman–Crippen LogP) is 6.18. The van der Waals surface area contributed by atoms with Gasteiger partial charge in [0.05, 0.1) is 0 Å². The van der Waals surface area contributed by atoms with Gasteiger partial charge in [0.15, 0.2) is 0 Å². The quantitative estimate of drug-likeness (QED) is 0.628. The average molecular weight is 303 g/mol. The van der Waals surface area contributed by atoms with Crippen LogP contribution < -0.4 is 0 Å². The second-order valence-electron chi connectivity index (χ2n) is 7.47. The second-order valence-corrected chi connectivity index (χ2v) is 7.47. The fourth-order valence-electron chi connectivity index (χ4n) is 3.06. The lowest BCUT2D eigenvalue weighted by Crippen LogP contribution is -2.05. The Morgan fingerprint density at radius 3 is 2.35 bits per heavy atom. The zero-order chi connectivity index (χ0) is 16.6. The fourth-order valence-corrected chi connectivity index (χ4v) is 3.06. The summed E-state index contributed by atoms with van der Waals surface area (Å²) in [5.41, 5.74) is 4.90. The van der Waals surface area contributed by atoms with Crippen molar-refractivity contribution >= 4 is 22.6 Å². The first-order valence-corrected chi connectivity index (χ1v) is 8.34. The molecule has 0 saturated carbocycles. The Hall–Kier alpha value is -2.15. The van der Waals surface area contributed by atoms with E-state index in [9.17, 15) is 0 Å². The lowest BCUT2D eigenvalue weighted by atomic mass is 9.87. The summed E-state index contributed by atoms with van der Waals surface area (Å²) < 4.78 is 0. The molecule has 2 aromatic carbocycles. The minimum Gasteiger partial charge on any atom is -0.261 e. The maximum Gasteiger partial charge on any atom is 0.0397 e. The number of hydrogen-bond acceptors (Lipinski definition) is 1. The van der Waals surface area contributed by atoms with Crippen LogP contribution in [0, 0.1) is 18.3 Å². The van der Waals surface area contributed by atoms with E-state index in [1.165, 1.54) is 27.5 Å². The van der Waals surface area contributed by atoms with E-state index in [1.807, 2.05) is 6.21 Å². The van der Waals surface area contributed by atoms with E-state index in [0.29, 0.717) is 5.92 Å². The lowest BCUT2D eigenvalue weighted by molar-refractivity contribution is 0.607.